The third kappa shape index (κ3) is 3.94. The van der Waals surface area contributed by atoms with Gasteiger partial charge in [0.1, 0.15) is 0 Å². The van der Waals surface area contributed by atoms with Crippen LogP contribution in [-0.2, 0) is 6.18 Å². The third-order valence-corrected chi connectivity index (χ3v) is 4.39. The number of nitrogens with two attached hydrogens (primary N) is 1. The number of halogens is 4. The van der Waals surface area contributed by atoms with Crippen molar-refractivity contribution in [3.05, 3.63) is 47.0 Å². The Kier molecular flexibility index (Phi) is 4.44. The minimum Gasteiger partial charge on any atom is -0.375 e. The number of nitrogens with one attached hydrogen (secondary N) is 2. The number of alkyl halides is 3. The highest BCUT2D eigenvalue weighted by Crippen LogP contribution is 2.36. The number of thiazole rings is 1. The predicted octanol–water partition coefficient (Wildman–Crippen LogP) is 5.19. The zero-order valence-electron chi connectivity index (χ0n) is 12.3. The number of hydrogen-bond donors (Lipinski definition) is 3. The number of carbonyl (C=O) groups is 1. The fourth-order valence-electron chi connectivity index (χ4n) is 2.14. The maximum atomic E-state index is 12.8. The molecule has 1 heterocycles. The summed E-state index contributed by atoms with van der Waals surface area (Å²) in [7, 11) is 0. The van der Waals surface area contributed by atoms with Crippen LogP contribution < -0.4 is 16.4 Å². The van der Waals surface area contributed by atoms with E-state index in [1.807, 2.05) is 0 Å². The molecule has 130 valence electrons. The van der Waals surface area contributed by atoms with Crippen LogP contribution in [0.2, 0.25) is 5.02 Å². The van der Waals surface area contributed by atoms with Gasteiger partial charge in [0.15, 0.2) is 5.13 Å². The summed E-state index contributed by atoms with van der Waals surface area (Å²) in [5, 5.41) is 4.82. The SMILES string of the molecule is Nc1nc2cc(NC(=O)Nc3ccc(Cl)c(C(F)(F)F)c3)ccc2s1. The molecule has 0 saturated heterocycles. The van der Waals surface area contributed by atoms with E-state index in [-0.39, 0.29) is 5.69 Å². The van der Waals surface area contributed by atoms with Gasteiger partial charge in [0.25, 0.3) is 0 Å². The fraction of sp³-hybridized carbons (Fsp3) is 0.0667. The fourth-order valence-corrected chi connectivity index (χ4v) is 3.08. The van der Waals surface area contributed by atoms with E-state index < -0.39 is 22.8 Å². The predicted molar refractivity (Wildman–Crippen MR) is 93.1 cm³/mol. The highest BCUT2D eigenvalue weighted by atomic mass is 35.5. The number of benzene rings is 2. The molecule has 2 aromatic carbocycles. The van der Waals surface area contributed by atoms with Crippen LogP contribution in [0.15, 0.2) is 36.4 Å². The van der Waals surface area contributed by atoms with E-state index in [2.05, 4.69) is 15.6 Å². The molecule has 0 spiro atoms. The Labute approximate surface area is 148 Å². The number of anilines is 3. The van der Waals surface area contributed by atoms with Crippen LogP contribution in [0, 0.1) is 0 Å². The van der Waals surface area contributed by atoms with Crippen molar-refractivity contribution in [2.75, 3.05) is 16.4 Å². The molecule has 0 bridgehead atoms. The van der Waals surface area contributed by atoms with Gasteiger partial charge in [0.05, 0.1) is 20.8 Å². The number of rotatable bonds is 2. The zero-order chi connectivity index (χ0) is 18.2. The Morgan fingerprint density at radius 2 is 1.76 bits per heavy atom. The summed E-state index contributed by atoms with van der Waals surface area (Å²) in [6, 6.07) is 7.42. The van der Waals surface area contributed by atoms with Crippen LogP contribution in [0.5, 0.6) is 0 Å². The number of carbonyl (C=O) groups excluding carboxylic acids is 1. The smallest absolute Gasteiger partial charge is 0.375 e. The van der Waals surface area contributed by atoms with Crippen molar-refractivity contribution >= 4 is 55.7 Å². The molecule has 0 fully saturated rings. The summed E-state index contributed by atoms with van der Waals surface area (Å²) < 4.78 is 39.4. The molecule has 0 aliphatic rings. The van der Waals surface area contributed by atoms with Crippen LogP contribution in [0.1, 0.15) is 5.56 Å². The van der Waals surface area contributed by atoms with E-state index in [0.29, 0.717) is 16.3 Å². The average molecular weight is 387 g/mol. The lowest BCUT2D eigenvalue weighted by Crippen LogP contribution is -2.19. The van der Waals surface area contributed by atoms with Crippen molar-refractivity contribution in [2.24, 2.45) is 0 Å². The van der Waals surface area contributed by atoms with Gasteiger partial charge in [-0.2, -0.15) is 13.2 Å². The van der Waals surface area contributed by atoms with Crippen LogP contribution in [0.4, 0.5) is 34.5 Å². The molecule has 0 unspecified atom stereocenters. The minimum atomic E-state index is -4.61. The number of fused-ring (bicyclic) bond motifs is 1. The Bertz CT molecular complexity index is 958. The lowest BCUT2D eigenvalue weighted by Gasteiger charge is -2.12. The molecule has 10 heteroatoms. The topological polar surface area (TPSA) is 80.0 Å². The van der Waals surface area contributed by atoms with Gasteiger partial charge in [-0.3, -0.25) is 0 Å². The number of hydrogen-bond acceptors (Lipinski definition) is 4. The van der Waals surface area contributed by atoms with E-state index in [1.54, 1.807) is 18.2 Å². The van der Waals surface area contributed by atoms with Gasteiger partial charge in [0.2, 0.25) is 0 Å². The molecule has 0 atom stereocenters. The first-order chi connectivity index (χ1) is 11.7. The molecule has 2 amide bonds. The minimum absolute atomic E-state index is 0.0341. The Hall–Kier alpha value is -2.52. The Balaban J connectivity index is 1.75. The quantitative estimate of drug-likeness (QED) is 0.566. The summed E-state index contributed by atoms with van der Waals surface area (Å²) in [6.45, 7) is 0. The number of urea groups is 1. The van der Waals surface area contributed by atoms with Crippen molar-refractivity contribution in [1.29, 1.82) is 0 Å². The molecule has 0 aliphatic carbocycles. The van der Waals surface area contributed by atoms with Crippen LogP contribution in [0.3, 0.4) is 0 Å². The second kappa shape index (κ2) is 6.41. The van der Waals surface area contributed by atoms with Crippen LogP contribution in [-0.4, -0.2) is 11.0 Å². The van der Waals surface area contributed by atoms with Crippen molar-refractivity contribution in [1.82, 2.24) is 4.98 Å². The third-order valence-electron chi connectivity index (χ3n) is 3.19. The van der Waals surface area contributed by atoms with E-state index in [1.165, 1.54) is 17.4 Å². The van der Waals surface area contributed by atoms with Crippen molar-refractivity contribution in [3.63, 3.8) is 0 Å². The largest absolute Gasteiger partial charge is 0.417 e. The van der Waals surface area contributed by atoms with Gasteiger partial charge >= 0.3 is 12.2 Å². The first kappa shape index (κ1) is 17.3. The lowest BCUT2D eigenvalue weighted by atomic mass is 10.2. The average Bonchev–Trinajstić information content (AvgIpc) is 2.87. The first-order valence-electron chi connectivity index (χ1n) is 6.83. The van der Waals surface area contributed by atoms with E-state index in [4.69, 9.17) is 17.3 Å². The second-order valence-electron chi connectivity index (χ2n) is 5.01. The zero-order valence-corrected chi connectivity index (χ0v) is 13.9. The molecule has 3 rings (SSSR count). The Morgan fingerprint density at radius 3 is 2.44 bits per heavy atom. The standard InChI is InChI=1S/C15H10ClF3N4OS/c16-10-3-1-7(5-9(10)15(17,18)19)21-14(24)22-8-2-4-12-11(6-8)23-13(20)25-12/h1-6H,(H2,20,23)(H2,21,22,24). The molecule has 1 aromatic heterocycles. The molecule has 25 heavy (non-hydrogen) atoms. The summed E-state index contributed by atoms with van der Waals surface area (Å²) in [5.74, 6) is 0. The van der Waals surface area contributed by atoms with Gasteiger partial charge in [-0.05, 0) is 36.4 Å². The second-order valence-corrected chi connectivity index (χ2v) is 6.48. The molecule has 0 aliphatic heterocycles. The maximum Gasteiger partial charge on any atom is 0.417 e. The normalized spacial score (nSPS) is 11.5. The molecule has 0 saturated carbocycles. The van der Waals surface area contributed by atoms with Gasteiger partial charge in [0, 0.05) is 11.4 Å². The summed E-state index contributed by atoms with van der Waals surface area (Å²) in [4.78, 5) is 16.1. The number of nitrogens with zero attached hydrogens (tertiary/aromatic N) is 1. The number of aromatic nitrogens is 1. The van der Waals surface area contributed by atoms with Crippen molar-refractivity contribution in [3.8, 4) is 0 Å². The highest BCUT2D eigenvalue weighted by molar-refractivity contribution is 7.22. The molecular weight excluding hydrogens is 377 g/mol. The lowest BCUT2D eigenvalue weighted by molar-refractivity contribution is -0.137. The van der Waals surface area contributed by atoms with E-state index >= 15 is 0 Å². The first-order valence-corrected chi connectivity index (χ1v) is 8.02. The van der Waals surface area contributed by atoms with Crippen LogP contribution in [0.25, 0.3) is 10.2 Å². The summed E-state index contributed by atoms with van der Waals surface area (Å²) in [6.07, 6.45) is -4.61. The number of amides is 2. The van der Waals surface area contributed by atoms with Gasteiger partial charge in [-0.1, -0.05) is 22.9 Å². The monoisotopic (exact) mass is 386 g/mol. The van der Waals surface area contributed by atoms with Gasteiger partial charge in [-0.15, -0.1) is 0 Å². The van der Waals surface area contributed by atoms with Gasteiger partial charge in [-0.25, -0.2) is 9.78 Å². The molecule has 3 aromatic rings. The molecular formula is C15H10ClF3N4OS. The van der Waals surface area contributed by atoms with E-state index in [0.717, 1.165) is 16.8 Å². The van der Waals surface area contributed by atoms with Gasteiger partial charge < -0.3 is 16.4 Å². The highest BCUT2D eigenvalue weighted by Gasteiger charge is 2.33. The molecule has 0 radical (unpaired) electrons. The van der Waals surface area contributed by atoms with Crippen molar-refractivity contribution in [2.45, 2.75) is 6.18 Å². The maximum absolute atomic E-state index is 12.8. The van der Waals surface area contributed by atoms with E-state index in [9.17, 15) is 18.0 Å². The Morgan fingerprint density at radius 1 is 1.12 bits per heavy atom. The number of nitrogen functional groups attached to an aromatic ring is 1. The van der Waals surface area contributed by atoms with Crippen molar-refractivity contribution < 1.29 is 18.0 Å². The van der Waals surface area contributed by atoms with Crippen LogP contribution >= 0.6 is 22.9 Å². The summed E-state index contributed by atoms with van der Waals surface area (Å²) in [5.41, 5.74) is 5.60. The summed E-state index contributed by atoms with van der Waals surface area (Å²) >= 11 is 6.85. The molecule has 5 nitrogen and oxygen atoms in total. The molecule has 4 N–H and O–H groups in total.